The van der Waals surface area contributed by atoms with E-state index in [2.05, 4.69) is 0 Å². The first-order chi connectivity index (χ1) is 8.65. The van der Waals surface area contributed by atoms with Gasteiger partial charge >= 0.3 is 0 Å². The maximum Gasteiger partial charge on any atom is 0.289 e. The van der Waals surface area contributed by atoms with Crippen molar-refractivity contribution in [2.75, 3.05) is 6.54 Å². The number of hydrogen-bond acceptors (Lipinski definition) is 4. The van der Waals surface area contributed by atoms with Crippen LogP contribution in [0.3, 0.4) is 0 Å². The van der Waals surface area contributed by atoms with Gasteiger partial charge in [-0.15, -0.1) is 0 Å². The molecule has 0 heterocycles. The molecule has 0 unspecified atom stereocenters. The van der Waals surface area contributed by atoms with Crippen LogP contribution >= 0.6 is 11.6 Å². The molecule has 0 aliphatic heterocycles. The van der Waals surface area contributed by atoms with Crippen molar-refractivity contribution in [3.8, 4) is 0 Å². The molecule has 0 spiro atoms. The quantitative estimate of drug-likeness (QED) is 0.665. The molecule has 19 heavy (non-hydrogen) atoms. The molecule has 0 aliphatic carbocycles. The second kappa shape index (κ2) is 5.76. The van der Waals surface area contributed by atoms with Crippen molar-refractivity contribution in [3.63, 3.8) is 0 Å². The molecule has 1 aromatic carbocycles. The van der Waals surface area contributed by atoms with Crippen LogP contribution in [0.1, 0.15) is 5.56 Å². The number of nitrogens with zero attached hydrogens (tertiary/aromatic N) is 1. The molecule has 0 aromatic heterocycles. The zero-order valence-corrected chi connectivity index (χ0v) is 11.1. The summed E-state index contributed by atoms with van der Waals surface area (Å²) in [6, 6.07) is 2.16. The van der Waals surface area contributed by atoms with Gasteiger partial charge in [0.25, 0.3) is 12.1 Å². The van der Waals surface area contributed by atoms with Crippen LogP contribution in [0.4, 0.5) is 14.5 Å². The van der Waals surface area contributed by atoms with Crippen molar-refractivity contribution < 1.29 is 22.1 Å². The predicted octanol–water partition coefficient (Wildman–Crippen LogP) is 2.10. The van der Waals surface area contributed by atoms with E-state index in [4.69, 9.17) is 11.6 Å². The number of benzene rings is 1. The van der Waals surface area contributed by atoms with Crippen molar-refractivity contribution in [3.05, 3.63) is 32.8 Å². The fraction of sp³-hybridized carbons (Fsp3) is 0.333. The fourth-order valence-corrected chi connectivity index (χ4v) is 2.96. The summed E-state index contributed by atoms with van der Waals surface area (Å²) in [6.45, 7) is 0.329. The molecule has 0 amide bonds. The maximum atomic E-state index is 12.0. The molecule has 1 N–H and O–H groups in total. The molecule has 6 nitrogen and oxygen atoms in total. The second-order valence-corrected chi connectivity index (χ2v) is 5.71. The van der Waals surface area contributed by atoms with Gasteiger partial charge < -0.3 is 0 Å². The highest BCUT2D eigenvalue weighted by atomic mass is 35.5. The van der Waals surface area contributed by atoms with E-state index in [1.165, 1.54) is 6.92 Å². The number of halogens is 3. The Kier molecular flexibility index (Phi) is 4.77. The highest BCUT2D eigenvalue weighted by molar-refractivity contribution is 7.89. The minimum atomic E-state index is -4.33. The number of rotatable bonds is 5. The Morgan fingerprint density at radius 2 is 2.05 bits per heavy atom. The summed E-state index contributed by atoms with van der Waals surface area (Å²) in [5, 5.41) is 10.1. The minimum absolute atomic E-state index is 0.272. The van der Waals surface area contributed by atoms with Gasteiger partial charge in [-0.05, 0) is 18.6 Å². The summed E-state index contributed by atoms with van der Waals surface area (Å²) in [5.74, 6) is 0. The first-order valence-electron chi connectivity index (χ1n) is 4.87. The fourth-order valence-electron chi connectivity index (χ4n) is 1.30. The molecule has 10 heteroatoms. The standard InChI is InChI=1S/C9H9ClF2N2O4S/c1-5-2-6(14(15)16)9(10)7(3-5)19(17,18)13-4-8(11)12/h2-3,8,13H,4H2,1H3. The van der Waals surface area contributed by atoms with Gasteiger partial charge in [0.1, 0.15) is 9.92 Å². The lowest BCUT2D eigenvalue weighted by atomic mass is 10.2. The normalized spacial score (nSPS) is 11.8. The first kappa shape index (κ1) is 15.7. The first-order valence-corrected chi connectivity index (χ1v) is 6.73. The molecule has 0 atom stereocenters. The lowest BCUT2D eigenvalue weighted by molar-refractivity contribution is -0.385. The number of alkyl halides is 2. The van der Waals surface area contributed by atoms with E-state index in [0.717, 1.165) is 12.1 Å². The topological polar surface area (TPSA) is 89.3 Å². The number of nitro benzene ring substituents is 1. The number of nitro groups is 1. The van der Waals surface area contributed by atoms with E-state index < -0.39 is 43.5 Å². The van der Waals surface area contributed by atoms with E-state index in [1.807, 2.05) is 0 Å². The largest absolute Gasteiger partial charge is 0.289 e. The average Bonchev–Trinajstić information content (AvgIpc) is 2.28. The molecule has 106 valence electrons. The van der Waals surface area contributed by atoms with Gasteiger partial charge in [0.05, 0.1) is 11.5 Å². The van der Waals surface area contributed by atoms with Crippen molar-refractivity contribution in [1.29, 1.82) is 0 Å². The third-order valence-corrected chi connectivity index (χ3v) is 4.04. The van der Waals surface area contributed by atoms with E-state index >= 15 is 0 Å². The zero-order chi connectivity index (χ0) is 14.8. The Hall–Kier alpha value is -1.32. The van der Waals surface area contributed by atoms with Crippen LogP contribution in [-0.4, -0.2) is 26.3 Å². The second-order valence-electron chi connectivity index (χ2n) is 3.60. The summed E-state index contributed by atoms with van der Waals surface area (Å²) in [6.07, 6.45) is -2.88. The summed E-state index contributed by atoms with van der Waals surface area (Å²) in [4.78, 5) is 9.26. The third-order valence-electron chi connectivity index (χ3n) is 2.08. The highest BCUT2D eigenvalue weighted by Crippen LogP contribution is 2.32. The molecule has 0 fully saturated rings. The molecule has 0 saturated carbocycles. The van der Waals surface area contributed by atoms with Gasteiger partial charge in [-0.2, -0.15) is 0 Å². The number of sulfonamides is 1. The highest BCUT2D eigenvalue weighted by Gasteiger charge is 2.26. The van der Waals surface area contributed by atoms with Crippen molar-refractivity contribution >= 4 is 27.3 Å². The molecule has 1 aromatic rings. The summed E-state index contributed by atoms with van der Waals surface area (Å²) in [5.41, 5.74) is -0.326. The lowest BCUT2D eigenvalue weighted by Gasteiger charge is -2.09. The lowest BCUT2D eigenvalue weighted by Crippen LogP contribution is -2.29. The maximum absolute atomic E-state index is 12.0. The van der Waals surface area contributed by atoms with Gasteiger partial charge in [-0.3, -0.25) is 10.1 Å². The summed E-state index contributed by atoms with van der Waals surface area (Å²) >= 11 is 5.63. The average molecular weight is 315 g/mol. The van der Waals surface area contributed by atoms with Crippen LogP contribution < -0.4 is 4.72 Å². The van der Waals surface area contributed by atoms with Gasteiger partial charge in [0, 0.05) is 6.07 Å². The summed E-state index contributed by atoms with van der Waals surface area (Å²) in [7, 11) is -4.33. The van der Waals surface area contributed by atoms with E-state index in [0.29, 0.717) is 0 Å². The Morgan fingerprint density at radius 1 is 1.47 bits per heavy atom. The number of nitrogens with one attached hydrogen (secondary N) is 1. The Bertz CT molecular complexity index is 606. The van der Waals surface area contributed by atoms with Crippen molar-refractivity contribution in [1.82, 2.24) is 4.72 Å². The third kappa shape index (κ3) is 3.82. The van der Waals surface area contributed by atoms with Gasteiger partial charge in [0.2, 0.25) is 10.0 Å². The zero-order valence-electron chi connectivity index (χ0n) is 9.56. The summed E-state index contributed by atoms with van der Waals surface area (Å²) < 4.78 is 49.1. The van der Waals surface area contributed by atoms with Crippen LogP contribution in [0.2, 0.25) is 5.02 Å². The van der Waals surface area contributed by atoms with Crippen LogP contribution in [-0.2, 0) is 10.0 Å². The Labute approximate surface area is 112 Å². The van der Waals surface area contributed by atoms with E-state index in [1.54, 1.807) is 4.72 Å². The molecule has 0 bridgehead atoms. The van der Waals surface area contributed by atoms with Crippen LogP contribution in [0.25, 0.3) is 0 Å². The van der Waals surface area contributed by atoms with Crippen LogP contribution in [0, 0.1) is 17.0 Å². The monoisotopic (exact) mass is 314 g/mol. The number of aryl methyl sites for hydroxylation is 1. The molecule has 0 aliphatic rings. The van der Waals surface area contributed by atoms with Gasteiger partial charge in [-0.25, -0.2) is 21.9 Å². The number of hydrogen-bond donors (Lipinski definition) is 1. The smallest absolute Gasteiger partial charge is 0.258 e. The minimum Gasteiger partial charge on any atom is -0.258 e. The van der Waals surface area contributed by atoms with Gasteiger partial charge in [0.15, 0.2) is 0 Å². The molecular weight excluding hydrogens is 306 g/mol. The van der Waals surface area contributed by atoms with E-state index in [-0.39, 0.29) is 5.56 Å². The van der Waals surface area contributed by atoms with Crippen molar-refractivity contribution in [2.45, 2.75) is 18.2 Å². The predicted molar refractivity (Wildman–Crippen MR) is 64.0 cm³/mol. The Balaban J connectivity index is 3.31. The van der Waals surface area contributed by atoms with Gasteiger partial charge in [-0.1, -0.05) is 11.6 Å². The van der Waals surface area contributed by atoms with Crippen LogP contribution in [0.5, 0.6) is 0 Å². The SMILES string of the molecule is Cc1cc([N+](=O)[O-])c(Cl)c(S(=O)(=O)NCC(F)F)c1. The molecule has 0 radical (unpaired) electrons. The molecule has 1 rings (SSSR count). The van der Waals surface area contributed by atoms with E-state index in [9.17, 15) is 27.3 Å². The Morgan fingerprint density at radius 3 is 2.53 bits per heavy atom. The van der Waals surface area contributed by atoms with Crippen LogP contribution in [0.15, 0.2) is 17.0 Å². The van der Waals surface area contributed by atoms with Crippen molar-refractivity contribution in [2.24, 2.45) is 0 Å². The molecule has 0 saturated heterocycles. The molecular formula is C9H9ClF2N2O4S.